The number of anilines is 1. The molecule has 0 aliphatic rings. The molecule has 0 saturated carbocycles. The van der Waals surface area contributed by atoms with E-state index in [2.05, 4.69) is 26.1 Å². The molecule has 3 rings (SSSR count). The highest BCUT2D eigenvalue weighted by molar-refractivity contribution is 7.89. The number of rotatable bonds is 9. The van der Waals surface area contributed by atoms with Crippen LogP contribution < -0.4 is 5.32 Å². The number of sulfonamides is 1. The summed E-state index contributed by atoms with van der Waals surface area (Å²) in [7, 11) is -2.44. The van der Waals surface area contributed by atoms with E-state index < -0.39 is 15.9 Å². The molecule has 3 aromatic rings. The Morgan fingerprint density at radius 3 is 2.18 bits per heavy atom. The summed E-state index contributed by atoms with van der Waals surface area (Å²) in [5, 5.41) is 7.67. The predicted octanol–water partition coefficient (Wildman–Crippen LogP) is 5.05. The van der Waals surface area contributed by atoms with Crippen molar-refractivity contribution in [2.24, 2.45) is 0 Å². The number of nitrogens with zero attached hydrogens (tertiary/aromatic N) is 3. The SMILES string of the molecule is COCCN(CC(=O)Nc1cc(C(C)(C)C)nn1-c1ccccc1C)S(=O)(=O)c1ccc(C(C)(C)C)cc1. The van der Waals surface area contributed by atoms with Gasteiger partial charge in [-0.15, -0.1) is 0 Å². The number of hydrogen-bond acceptors (Lipinski definition) is 5. The van der Waals surface area contributed by atoms with Gasteiger partial charge in [0.2, 0.25) is 15.9 Å². The van der Waals surface area contributed by atoms with Crippen LogP contribution >= 0.6 is 0 Å². The molecule has 0 aliphatic heterocycles. The number of methoxy groups -OCH3 is 1. The molecule has 38 heavy (non-hydrogen) atoms. The number of carbonyl (C=O) groups is 1. The summed E-state index contributed by atoms with van der Waals surface area (Å²) < 4.78 is 35.1. The van der Waals surface area contributed by atoms with Crippen LogP contribution in [0.5, 0.6) is 0 Å². The summed E-state index contributed by atoms with van der Waals surface area (Å²) in [4.78, 5) is 13.4. The minimum absolute atomic E-state index is 0.0393. The average molecular weight is 541 g/mol. The zero-order valence-electron chi connectivity index (χ0n) is 23.7. The maximum atomic E-state index is 13.5. The number of ether oxygens (including phenoxy) is 1. The van der Waals surface area contributed by atoms with E-state index >= 15 is 0 Å². The van der Waals surface area contributed by atoms with Gasteiger partial charge in [0, 0.05) is 25.1 Å². The lowest BCUT2D eigenvalue weighted by atomic mass is 9.87. The van der Waals surface area contributed by atoms with Crippen LogP contribution in [0.1, 0.15) is 58.4 Å². The highest BCUT2D eigenvalue weighted by Crippen LogP contribution is 2.28. The normalized spacial score (nSPS) is 12.7. The van der Waals surface area contributed by atoms with Gasteiger partial charge in [-0.1, -0.05) is 71.9 Å². The van der Waals surface area contributed by atoms with Crippen LogP contribution in [0.15, 0.2) is 59.5 Å². The number of carbonyl (C=O) groups excluding carboxylic acids is 1. The summed E-state index contributed by atoms with van der Waals surface area (Å²) >= 11 is 0. The standard InChI is InChI=1S/C29H40N4O4S/c1-21-11-9-10-12-24(21)33-26(19-25(31-33)29(5,6)7)30-27(34)20-32(17-18-37-8)38(35,36)23-15-13-22(14-16-23)28(2,3)4/h9-16,19H,17-18,20H2,1-8H3,(H,30,34). The monoisotopic (exact) mass is 540 g/mol. The molecule has 0 spiro atoms. The fraction of sp³-hybridized carbons (Fsp3) is 0.448. The lowest BCUT2D eigenvalue weighted by molar-refractivity contribution is -0.116. The molecule has 206 valence electrons. The maximum Gasteiger partial charge on any atom is 0.243 e. The fourth-order valence-electron chi connectivity index (χ4n) is 3.92. The second-order valence-electron chi connectivity index (χ2n) is 11.5. The maximum absolute atomic E-state index is 13.5. The topological polar surface area (TPSA) is 93.5 Å². The van der Waals surface area contributed by atoms with E-state index in [1.165, 1.54) is 7.11 Å². The van der Waals surface area contributed by atoms with Crippen molar-refractivity contribution in [3.63, 3.8) is 0 Å². The highest BCUT2D eigenvalue weighted by Gasteiger charge is 2.28. The van der Waals surface area contributed by atoms with E-state index in [4.69, 9.17) is 9.84 Å². The van der Waals surface area contributed by atoms with Crippen molar-refractivity contribution in [3.05, 3.63) is 71.4 Å². The summed E-state index contributed by atoms with van der Waals surface area (Å²) in [6.45, 7) is 14.2. The van der Waals surface area contributed by atoms with Crippen molar-refractivity contribution in [3.8, 4) is 5.69 Å². The molecule has 0 saturated heterocycles. The van der Waals surface area contributed by atoms with Gasteiger partial charge in [0.1, 0.15) is 5.82 Å². The van der Waals surface area contributed by atoms with Gasteiger partial charge in [0.15, 0.2) is 0 Å². The Morgan fingerprint density at radius 2 is 1.63 bits per heavy atom. The molecule has 9 heteroatoms. The molecule has 0 radical (unpaired) electrons. The van der Waals surface area contributed by atoms with E-state index in [0.717, 1.165) is 26.8 Å². The molecule has 1 amide bonds. The van der Waals surface area contributed by atoms with Crippen LogP contribution in [0, 0.1) is 6.92 Å². The lowest BCUT2D eigenvalue weighted by Crippen LogP contribution is -2.40. The lowest BCUT2D eigenvalue weighted by Gasteiger charge is -2.23. The highest BCUT2D eigenvalue weighted by atomic mass is 32.2. The van der Waals surface area contributed by atoms with Gasteiger partial charge in [-0.2, -0.15) is 9.40 Å². The average Bonchev–Trinajstić information content (AvgIpc) is 3.25. The zero-order chi connectivity index (χ0) is 28.3. The van der Waals surface area contributed by atoms with Crippen LogP contribution in [0.2, 0.25) is 0 Å². The first-order valence-electron chi connectivity index (χ1n) is 12.7. The van der Waals surface area contributed by atoms with Crippen LogP contribution in [0.3, 0.4) is 0 Å². The van der Waals surface area contributed by atoms with Crippen molar-refractivity contribution in [1.29, 1.82) is 0 Å². The smallest absolute Gasteiger partial charge is 0.243 e. The molecule has 0 atom stereocenters. The molecule has 0 bridgehead atoms. The number of para-hydroxylation sites is 1. The first kappa shape index (κ1) is 29.5. The van der Waals surface area contributed by atoms with Crippen molar-refractivity contribution < 1.29 is 17.9 Å². The van der Waals surface area contributed by atoms with Gasteiger partial charge in [-0.05, 0) is 41.7 Å². The molecule has 1 N–H and O–H groups in total. The Bertz CT molecular complexity index is 1360. The number of aromatic nitrogens is 2. The van der Waals surface area contributed by atoms with Crippen molar-refractivity contribution in [2.45, 2.75) is 64.2 Å². The molecule has 0 unspecified atom stereocenters. The Kier molecular flexibility index (Phi) is 8.86. The zero-order valence-corrected chi connectivity index (χ0v) is 24.5. The third kappa shape index (κ3) is 6.89. The predicted molar refractivity (Wildman–Crippen MR) is 151 cm³/mol. The fourth-order valence-corrected chi connectivity index (χ4v) is 5.30. The molecule has 1 aromatic heterocycles. The Hall–Kier alpha value is -3.01. The summed E-state index contributed by atoms with van der Waals surface area (Å²) in [6.07, 6.45) is 0. The largest absolute Gasteiger partial charge is 0.383 e. The van der Waals surface area contributed by atoms with E-state index in [1.54, 1.807) is 16.8 Å². The van der Waals surface area contributed by atoms with E-state index in [-0.39, 0.29) is 35.4 Å². The van der Waals surface area contributed by atoms with E-state index in [1.807, 2.05) is 70.2 Å². The number of nitrogens with one attached hydrogen (secondary N) is 1. The summed E-state index contributed by atoms with van der Waals surface area (Å²) in [6, 6.07) is 16.4. The first-order chi connectivity index (χ1) is 17.6. The second kappa shape index (κ2) is 11.4. The van der Waals surface area contributed by atoms with Crippen LogP contribution in [0.25, 0.3) is 5.69 Å². The Morgan fingerprint density at radius 1 is 1.00 bits per heavy atom. The molecule has 1 heterocycles. The molecule has 0 fully saturated rings. The minimum Gasteiger partial charge on any atom is -0.383 e. The summed E-state index contributed by atoms with van der Waals surface area (Å²) in [5.41, 5.74) is 3.30. The third-order valence-electron chi connectivity index (χ3n) is 6.31. The van der Waals surface area contributed by atoms with Crippen molar-refractivity contribution in [1.82, 2.24) is 14.1 Å². The Balaban J connectivity index is 1.91. The number of aryl methyl sites for hydroxylation is 1. The quantitative estimate of drug-likeness (QED) is 0.410. The molecular formula is C29H40N4O4S. The number of benzene rings is 2. The first-order valence-corrected chi connectivity index (χ1v) is 14.1. The number of amides is 1. The molecule has 0 aliphatic carbocycles. The van der Waals surface area contributed by atoms with Gasteiger partial charge in [0.05, 0.1) is 29.4 Å². The van der Waals surface area contributed by atoms with Crippen LogP contribution in [-0.2, 0) is 30.4 Å². The van der Waals surface area contributed by atoms with E-state index in [0.29, 0.717) is 5.82 Å². The van der Waals surface area contributed by atoms with Gasteiger partial charge in [-0.25, -0.2) is 13.1 Å². The van der Waals surface area contributed by atoms with Crippen LogP contribution in [0.4, 0.5) is 5.82 Å². The van der Waals surface area contributed by atoms with Gasteiger partial charge < -0.3 is 10.1 Å². The van der Waals surface area contributed by atoms with Gasteiger partial charge >= 0.3 is 0 Å². The second-order valence-corrected chi connectivity index (χ2v) is 13.5. The Labute approximate surface area is 227 Å². The molecule has 2 aromatic carbocycles. The third-order valence-corrected chi connectivity index (χ3v) is 8.17. The molecule has 8 nitrogen and oxygen atoms in total. The van der Waals surface area contributed by atoms with Crippen LogP contribution in [-0.4, -0.2) is 55.2 Å². The van der Waals surface area contributed by atoms with Gasteiger partial charge in [0.25, 0.3) is 0 Å². The number of hydrogen-bond donors (Lipinski definition) is 1. The van der Waals surface area contributed by atoms with Crippen molar-refractivity contribution >= 4 is 21.7 Å². The molecular weight excluding hydrogens is 500 g/mol. The van der Waals surface area contributed by atoms with Crippen molar-refractivity contribution in [2.75, 3.05) is 32.1 Å². The van der Waals surface area contributed by atoms with E-state index in [9.17, 15) is 13.2 Å². The summed E-state index contributed by atoms with van der Waals surface area (Å²) in [5.74, 6) is 0.0130. The minimum atomic E-state index is -3.94. The van der Waals surface area contributed by atoms with Gasteiger partial charge in [-0.3, -0.25) is 4.79 Å².